The molecule has 1 amide bonds. The van der Waals surface area contributed by atoms with E-state index >= 15 is 0 Å². The van der Waals surface area contributed by atoms with Crippen molar-refractivity contribution in [3.8, 4) is 0 Å². The number of benzene rings is 1. The maximum absolute atomic E-state index is 12.4. The molecule has 0 bridgehead atoms. The van der Waals surface area contributed by atoms with Gasteiger partial charge in [-0.3, -0.25) is 9.69 Å². The number of hydrogen-bond donors (Lipinski definition) is 2. The first-order valence-electron chi connectivity index (χ1n) is 8.97. The van der Waals surface area contributed by atoms with Crippen molar-refractivity contribution in [1.29, 1.82) is 0 Å². The molecule has 2 aliphatic heterocycles. The van der Waals surface area contributed by atoms with Gasteiger partial charge in [0, 0.05) is 23.5 Å². The van der Waals surface area contributed by atoms with Crippen LogP contribution in [0.1, 0.15) is 24.8 Å². The van der Waals surface area contributed by atoms with Gasteiger partial charge < -0.3 is 15.0 Å². The lowest BCUT2D eigenvalue weighted by molar-refractivity contribution is -0.122. The molecule has 0 aliphatic carbocycles. The van der Waals surface area contributed by atoms with Crippen LogP contribution in [0.15, 0.2) is 30.5 Å². The Morgan fingerprint density at radius 3 is 2.96 bits per heavy atom. The number of fused-ring (bicyclic) bond motifs is 1. The number of para-hydroxylation sites is 1. The first kappa shape index (κ1) is 15.7. The summed E-state index contributed by atoms with van der Waals surface area (Å²) >= 11 is 0. The number of carbonyl (C=O) groups excluding carboxylic acids is 1. The average Bonchev–Trinajstić information content (AvgIpc) is 3.33. The summed E-state index contributed by atoms with van der Waals surface area (Å²) in [6.07, 6.45) is 5.82. The van der Waals surface area contributed by atoms with Crippen LogP contribution in [0.5, 0.6) is 0 Å². The summed E-state index contributed by atoms with van der Waals surface area (Å²) in [6, 6.07) is 8.72. The zero-order chi connectivity index (χ0) is 16.4. The molecular formula is C19H25N3O2. The summed E-state index contributed by atoms with van der Waals surface area (Å²) in [5, 5.41) is 4.41. The van der Waals surface area contributed by atoms with E-state index in [1.165, 1.54) is 23.8 Å². The highest BCUT2D eigenvalue weighted by atomic mass is 16.5. The van der Waals surface area contributed by atoms with Gasteiger partial charge in [0.25, 0.3) is 0 Å². The predicted molar refractivity (Wildman–Crippen MR) is 94.0 cm³/mol. The Kier molecular flexibility index (Phi) is 4.54. The molecule has 1 aromatic carbocycles. The van der Waals surface area contributed by atoms with Crippen LogP contribution < -0.4 is 5.32 Å². The van der Waals surface area contributed by atoms with E-state index in [0.29, 0.717) is 19.1 Å². The molecule has 1 aromatic heterocycles. The van der Waals surface area contributed by atoms with Crippen molar-refractivity contribution in [2.75, 3.05) is 26.3 Å². The van der Waals surface area contributed by atoms with Crippen molar-refractivity contribution < 1.29 is 9.53 Å². The number of H-pyrrole nitrogens is 1. The third-order valence-electron chi connectivity index (χ3n) is 5.30. The number of aromatic nitrogens is 1. The van der Waals surface area contributed by atoms with Crippen LogP contribution in [-0.4, -0.2) is 54.2 Å². The fourth-order valence-corrected chi connectivity index (χ4v) is 3.98. The van der Waals surface area contributed by atoms with E-state index < -0.39 is 0 Å². The van der Waals surface area contributed by atoms with E-state index in [2.05, 4.69) is 27.3 Å². The zero-order valence-electron chi connectivity index (χ0n) is 14.0. The maximum Gasteiger partial charge on any atom is 0.220 e. The van der Waals surface area contributed by atoms with Gasteiger partial charge in [0.1, 0.15) is 0 Å². The van der Waals surface area contributed by atoms with E-state index in [4.69, 9.17) is 4.74 Å². The molecular weight excluding hydrogens is 302 g/mol. The molecule has 2 fully saturated rings. The lowest BCUT2D eigenvalue weighted by atomic mass is 10.1. The summed E-state index contributed by atoms with van der Waals surface area (Å²) in [5.41, 5.74) is 2.34. The van der Waals surface area contributed by atoms with Crippen LogP contribution in [0.3, 0.4) is 0 Å². The minimum absolute atomic E-state index is 0.125. The van der Waals surface area contributed by atoms with Crippen molar-refractivity contribution in [3.05, 3.63) is 36.0 Å². The first-order chi connectivity index (χ1) is 11.8. The molecule has 0 unspecified atom stereocenters. The van der Waals surface area contributed by atoms with E-state index in [0.717, 1.165) is 31.6 Å². The van der Waals surface area contributed by atoms with Crippen molar-refractivity contribution >= 4 is 16.8 Å². The third-order valence-corrected chi connectivity index (χ3v) is 5.30. The largest absolute Gasteiger partial charge is 0.378 e. The van der Waals surface area contributed by atoms with Gasteiger partial charge >= 0.3 is 0 Å². The number of nitrogens with one attached hydrogen (secondary N) is 2. The summed E-state index contributed by atoms with van der Waals surface area (Å²) in [6.45, 7) is 3.65. The summed E-state index contributed by atoms with van der Waals surface area (Å²) in [4.78, 5) is 18.1. The second-order valence-corrected chi connectivity index (χ2v) is 6.88. The Bertz CT molecular complexity index is 705. The average molecular weight is 327 g/mol. The maximum atomic E-state index is 12.4. The van der Waals surface area contributed by atoms with Gasteiger partial charge in [-0.05, 0) is 44.0 Å². The number of nitrogens with zero attached hydrogens (tertiary/aromatic N) is 1. The lowest BCUT2D eigenvalue weighted by Gasteiger charge is -2.27. The molecule has 3 heterocycles. The minimum Gasteiger partial charge on any atom is -0.378 e. The number of carbonyl (C=O) groups is 1. The number of aryl methyl sites for hydroxylation is 1. The monoisotopic (exact) mass is 327 g/mol. The molecule has 5 nitrogen and oxygen atoms in total. The highest BCUT2D eigenvalue weighted by Crippen LogP contribution is 2.21. The van der Waals surface area contributed by atoms with Gasteiger partial charge in [-0.1, -0.05) is 18.2 Å². The Morgan fingerprint density at radius 2 is 2.08 bits per heavy atom. The first-order valence-corrected chi connectivity index (χ1v) is 8.97. The Labute approximate surface area is 142 Å². The van der Waals surface area contributed by atoms with Crippen LogP contribution in [0.2, 0.25) is 0 Å². The molecule has 0 saturated carbocycles. The van der Waals surface area contributed by atoms with Gasteiger partial charge in [-0.15, -0.1) is 0 Å². The summed E-state index contributed by atoms with van der Waals surface area (Å²) in [7, 11) is 0. The Balaban J connectivity index is 1.33. The molecule has 2 aliphatic rings. The molecule has 2 atom stereocenters. The van der Waals surface area contributed by atoms with Crippen LogP contribution in [-0.2, 0) is 16.0 Å². The SMILES string of the molecule is O=C(CCc1c[nH]c2ccccc12)N[C@@H]1COC[C@H]1N1CCCC1. The fraction of sp³-hybridized carbons (Fsp3) is 0.526. The normalized spacial score (nSPS) is 24.7. The third kappa shape index (κ3) is 3.19. The van der Waals surface area contributed by atoms with Crippen molar-refractivity contribution in [2.24, 2.45) is 0 Å². The van der Waals surface area contributed by atoms with Gasteiger partial charge in [0.2, 0.25) is 5.91 Å². The number of likely N-dealkylation sites (tertiary alicyclic amines) is 1. The molecule has 0 radical (unpaired) electrons. The van der Waals surface area contributed by atoms with Crippen molar-refractivity contribution in [3.63, 3.8) is 0 Å². The van der Waals surface area contributed by atoms with E-state index in [-0.39, 0.29) is 11.9 Å². The summed E-state index contributed by atoms with van der Waals surface area (Å²) < 4.78 is 5.63. The van der Waals surface area contributed by atoms with Crippen LogP contribution in [0.4, 0.5) is 0 Å². The van der Waals surface area contributed by atoms with Crippen molar-refractivity contribution in [1.82, 2.24) is 15.2 Å². The Hall–Kier alpha value is -1.85. The Morgan fingerprint density at radius 1 is 1.25 bits per heavy atom. The second-order valence-electron chi connectivity index (χ2n) is 6.88. The molecule has 4 rings (SSSR count). The molecule has 24 heavy (non-hydrogen) atoms. The zero-order valence-corrected chi connectivity index (χ0v) is 14.0. The van der Waals surface area contributed by atoms with Crippen LogP contribution in [0.25, 0.3) is 10.9 Å². The van der Waals surface area contributed by atoms with E-state index in [1.54, 1.807) is 0 Å². The molecule has 128 valence electrons. The molecule has 2 N–H and O–H groups in total. The number of aromatic amines is 1. The topological polar surface area (TPSA) is 57.4 Å². The molecule has 2 saturated heterocycles. The van der Waals surface area contributed by atoms with Crippen LogP contribution in [0, 0.1) is 0 Å². The highest BCUT2D eigenvalue weighted by Gasteiger charge is 2.35. The second kappa shape index (κ2) is 6.95. The van der Waals surface area contributed by atoms with Gasteiger partial charge in [-0.2, -0.15) is 0 Å². The lowest BCUT2D eigenvalue weighted by Crippen LogP contribution is -2.50. The predicted octanol–water partition coefficient (Wildman–Crippen LogP) is 2.08. The molecule has 2 aromatic rings. The van der Waals surface area contributed by atoms with E-state index in [9.17, 15) is 4.79 Å². The van der Waals surface area contributed by atoms with Gasteiger partial charge in [0.15, 0.2) is 0 Å². The molecule has 5 heteroatoms. The molecule has 0 spiro atoms. The van der Waals surface area contributed by atoms with Crippen LogP contribution >= 0.6 is 0 Å². The van der Waals surface area contributed by atoms with Gasteiger partial charge in [-0.25, -0.2) is 0 Å². The number of rotatable bonds is 5. The minimum atomic E-state index is 0.125. The highest BCUT2D eigenvalue weighted by molar-refractivity contribution is 5.84. The quantitative estimate of drug-likeness (QED) is 0.884. The smallest absolute Gasteiger partial charge is 0.220 e. The summed E-state index contributed by atoms with van der Waals surface area (Å²) in [5.74, 6) is 0.125. The number of ether oxygens (including phenoxy) is 1. The number of amides is 1. The fourth-order valence-electron chi connectivity index (χ4n) is 3.98. The van der Waals surface area contributed by atoms with E-state index in [1.807, 2.05) is 18.3 Å². The standard InChI is InChI=1S/C19H25N3O2/c23-19(8-7-14-11-20-16-6-2-1-5-15(14)16)21-17-12-24-13-18(17)22-9-3-4-10-22/h1-2,5-6,11,17-18,20H,3-4,7-10,12-13H2,(H,21,23)/t17-,18-/m1/s1. The van der Waals surface area contributed by atoms with Crippen molar-refractivity contribution in [2.45, 2.75) is 37.8 Å². The number of hydrogen-bond acceptors (Lipinski definition) is 3. The van der Waals surface area contributed by atoms with Gasteiger partial charge in [0.05, 0.1) is 25.3 Å².